The van der Waals surface area contributed by atoms with Crippen LogP contribution < -0.4 is 5.32 Å². The van der Waals surface area contributed by atoms with Gasteiger partial charge >= 0.3 is 0 Å². The fourth-order valence-corrected chi connectivity index (χ4v) is 2.34. The minimum absolute atomic E-state index is 0.201. The average molecular weight is 236 g/mol. The Morgan fingerprint density at radius 1 is 1.53 bits per heavy atom. The highest BCUT2D eigenvalue weighted by Crippen LogP contribution is 2.26. The molecule has 2 heterocycles. The number of aryl methyl sites for hydroxylation is 1. The fourth-order valence-electron chi connectivity index (χ4n) is 2.34. The predicted octanol–water partition coefficient (Wildman–Crippen LogP) is 0.345. The molecule has 1 aliphatic heterocycles. The van der Waals surface area contributed by atoms with Gasteiger partial charge in [0, 0.05) is 32.3 Å². The van der Waals surface area contributed by atoms with Crippen molar-refractivity contribution in [3.63, 3.8) is 0 Å². The van der Waals surface area contributed by atoms with Crippen LogP contribution in [0.2, 0.25) is 0 Å². The number of carbonyl (C=O) groups excluding carboxylic acids is 1. The maximum Gasteiger partial charge on any atom is 0.236 e. The van der Waals surface area contributed by atoms with Gasteiger partial charge in [-0.15, -0.1) is 0 Å². The summed E-state index contributed by atoms with van der Waals surface area (Å²) in [6.45, 7) is 2.14. The first kappa shape index (κ1) is 12.1. The van der Waals surface area contributed by atoms with Gasteiger partial charge < -0.3 is 10.2 Å². The van der Waals surface area contributed by atoms with E-state index in [0.717, 1.165) is 31.6 Å². The number of aromatic nitrogens is 2. The number of hydrogen-bond acceptors (Lipinski definition) is 3. The normalized spacial score (nSPS) is 17.4. The van der Waals surface area contributed by atoms with Crippen molar-refractivity contribution in [1.82, 2.24) is 20.0 Å². The Morgan fingerprint density at radius 3 is 2.76 bits per heavy atom. The third-order valence-corrected chi connectivity index (χ3v) is 3.33. The van der Waals surface area contributed by atoms with Crippen LogP contribution in [0.3, 0.4) is 0 Å². The van der Waals surface area contributed by atoms with Crippen LogP contribution in [0.25, 0.3) is 0 Å². The quantitative estimate of drug-likeness (QED) is 0.823. The highest BCUT2D eigenvalue weighted by atomic mass is 16.2. The lowest BCUT2D eigenvalue weighted by atomic mass is 9.94. The second-order valence-electron chi connectivity index (χ2n) is 4.60. The van der Waals surface area contributed by atoms with Crippen molar-refractivity contribution in [3.8, 4) is 0 Å². The Hall–Kier alpha value is -1.36. The van der Waals surface area contributed by atoms with Crippen molar-refractivity contribution in [1.29, 1.82) is 0 Å². The van der Waals surface area contributed by atoms with Crippen molar-refractivity contribution < 1.29 is 4.79 Å². The molecular weight excluding hydrogens is 216 g/mol. The van der Waals surface area contributed by atoms with E-state index in [2.05, 4.69) is 16.5 Å². The number of amides is 1. The standard InChI is InChI=1S/C12H20N4O/c1-13-9-12(17)16-7-3-10(4-8-16)11-5-6-15(2)14-11/h5-6,10,13H,3-4,7-9H2,1-2H3. The van der Waals surface area contributed by atoms with Gasteiger partial charge in [0.1, 0.15) is 0 Å². The maximum absolute atomic E-state index is 11.7. The molecule has 1 N–H and O–H groups in total. The van der Waals surface area contributed by atoms with Crippen molar-refractivity contribution in [2.24, 2.45) is 7.05 Å². The summed E-state index contributed by atoms with van der Waals surface area (Å²) in [6.07, 6.45) is 4.02. The van der Waals surface area contributed by atoms with Crippen LogP contribution in [0.5, 0.6) is 0 Å². The van der Waals surface area contributed by atoms with E-state index >= 15 is 0 Å². The monoisotopic (exact) mass is 236 g/mol. The molecule has 0 aliphatic carbocycles. The van der Waals surface area contributed by atoms with E-state index in [1.807, 2.05) is 22.8 Å². The van der Waals surface area contributed by atoms with Gasteiger partial charge in [-0.3, -0.25) is 9.48 Å². The molecule has 0 atom stereocenters. The van der Waals surface area contributed by atoms with Gasteiger partial charge in [0.2, 0.25) is 5.91 Å². The van der Waals surface area contributed by atoms with Gasteiger partial charge in [-0.05, 0) is 26.0 Å². The largest absolute Gasteiger partial charge is 0.342 e. The number of nitrogens with zero attached hydrogens (tertiary/aromatic N) is 3. The summed E-state index contributed by atoms with van der Waals surface area (Å²) in [7, 11) is 3.74. The smallest absolute Gasteiger partial charge is 0.236 e. The van der Waals surface area contributed by atoms with E-state index < -0.39 is 0 Å². The molecule has 5 heteroatoms. The number of hydrogen-bond donors (Lipinski definition) is 1. The van der Waals surface area contributed by atoms with Gasteiger partial charge in [0.05, 0.1) is 12.2 Å². The van der Waals surface area contributed by atoms with Gasteiger partial charge in [-0.1, -0.05) is 0 Å². The lowest BCUT2D eigenvalue weighted by Crippen LogP contribution is -2.41. The number of piperidine rings is 1. The van der Waals surface area contributed by atoms with E-state index in [1.54, 1.807) is 7.05 Å². The maximum atomic E-state index is 11.7. The van der Waals surface area contributed by atoms with Crippen molar-refractivity contribution in [2.45, 2.75) is 18.8 Å². The summed E-state index contributed by atoms with van der Waals surface area (Å²) in [5.74, 6) is 0.710. The van der Waals surface area contributed by atoms with E-state index in [0.29, 0.717) is 12.5 Å². The average Bonchev–Trinajstić information content (AvgIpc) is 2.76. The minimum atomic E-state index is 0.201. The molecule has 0 radical (unpaired) electrons. The molecule has 2 rings (SSSR count). The zero-order valence-electron chi connectivity index (χ0n) is 10.5. The number of nitrogens with one attached hydrogen (secondary N) is 1. The topological polar surface area (TPSA) is 50.2 Å². The Kier molecular flexibility index (Phi) is 3.78. The zero-order valence-corrected chi connectivity index (χ0v) is 10.5. The van der Waals surface area contributed by atoms with Crippen molar-refractivity contribution in [2.75, 3.05) is 26.7 Å². The Bertz CT molecular complexity index is 380. The fraction of sp³-hybridized carbons (Fsp3) is 0.667. The highest BCUT2D eigenvalue weighted by molar-refractivity contribution is 5.78. The molecule has 0 aromatic carbocycles. The SMILES string of the molecule is CNCC(=O)N1CCC(c2ccn(C)n2)CC1. The summed E-state index contributed by atoms with van der Waals surface area (Å²) in [5.41, 5.74) is 1.16. The molecule has 0 saturated carbocycles. The van der Waals surface area contributed by atoms with Gasteiger partial charge in [0.15, 0.2) is 0 Å². The molecule has 1 aromatic rings. The van der Waals surface area contributed by atoms with Crippen LogP contribution in [0.1, 0.15) is 24.5 Å². The van der Waals surface area contributed by atoms with Crippen LogP contribution >= 0.6 is 0 Å². The van der Waals surface area contributed by atoms with E-state index in [4.69, 9.17) is 0 Å². The first-order chi connectivity index (χ1) is 8.20. The molecule has 1 aromatic heterocycles. The van der Waals surface area contributed by atoms with Gasteiger partial charge in [0.25, 0.3) is 0 Å². The number of carbonyl (C=O) groups is 1. The Morgan fingerprint density at radius 2 is 2.24 bits per heavy atom. The lowest BCUT2D eigenvalue weighted by Gasteiger charge is -2.31. The molecule has 94 valence electrons. The third-order valence-electron chi connectivity index (χ3n) is 3.33. The molecule has 0 unspecified atom stereocenters. The van der Waals surface area contributed by atoms with Crippen LogP contribution in [0.4, 0.5) is 0 Å². The first-order valence-corrected chi connectivity index (χ1v) is 6.12. The second kappa shape index (κ2) is 5.31. The second-order valence-corrected chi connectivity index (χ2v) is 4.60. The predicted molar refractivity (Wildman–Crippen MR) is 65.7 cm³/mol. The van der Waals surface area contributed by atoms with E-state index in [-0.39, 0.29) is 5.91 Å². The molecule has 1 saturated heterocycles. The Balaban J connectivity index is 1.88. The molecule has 1 aliphatic rings. The van der Waals surface area contributed by atoms with Gasteiger partial charge in [-0.2, -0.15) is 5.10 Å². The van der Waals surface area contributed by atoms with Gasteiger partial charge in [-0.25, -0.2) is 0 Å². The summed E-state index contributed by atoms with van der Waals surface area (Å²) < 4.78 is 1.84. The lowest BCUT2D eigenvalue weighted by molar-refractivity contribution is -0.131. The summed E-state index contributed by atoms with van der Waals surface area (Å²) >= 11 is 0. The zero-order chi connectivity index (χ0) is 12.3. The molecular formula is C12H20N4O. The van der Waals surface area contributed by atoms with E-state index in [1.165, 1.54) is 0 Å². The van der Waals surface area contributed by atoms with Crippen molar-refractivity contribution in [3.05, 3.63) is 18.0 Å². The van der Waals surface area contributed by atoms with E-state index in [9.17, 15) is 4.79 Å². The van der Waals surface area contributed by atoms with Crippen LogP contribution in [0.15, 0.2) is 12.3 Å². The van der Waals surface area contributed by atoms with Crippen LogP contribution in [0, 0.1) is 0 Å². The first-order valence-electron chi connectivity index (χ1n) is 6.12. The highest BCUT2D eigenvalue weighted by Gasteiger charge is 2.24. The molecule has 5 nitrogen and oxygen atoms in total. The number of likely N-dealkylation sites (N-methyl/N-ethyl adjacent to an activating group) is 1. The summed E-state index contributed by atoms with van der Waals surface area (Å²) in [5, 5.41) is 7.35. The molecule has 0 bridgehead atoms. The third kappa shape index (κ3) is 2.85. The molecule has 17 heavy (non-hydrogen) atoms. The number of likely N-dealkylation sites (tertiary alicyclic amines) is 1. The summed E-state index contributed by atoms with van der Waals surface area (Å²) in [6, 6.07) is 2.08. The minimum Gasteiger partial charge on any atom is -0.342 e. The van der Waals surface area contributed by atoms with Crippen LogP contribution in [-0.2, 0) is 11.8 Å². The Labute approximate surface area is 102 Å². The number of rotatable bonds is 3. The summed E-state index contributed by atoms with van der Waals surface area (Å²) in [4.78, 5) is 13.6. The molecule has 1 fully saturated rings. The molecule has 0 spiro atoms. The van der Waals surface area contributed by atoms with Crippen molar-refractivity contribution >= 4 is 5.91 Å². The van der Waals surface area contributed by atoms with Crippen LogP contribution in [-0.4, -0.2) is 47.3 Å². The molecule has 1 amide bonds.